The summed E-state index contributed by atoms with van der Waals surface area (Å²) >= 11 is 1.48. The van der Waals surface area contributed by atoms with Gasteiger partial charge in [0.2, 0.25) is 0 Å². The first-order valence-electron chi connectivity index (χ1n) is 7.18. The molecule has 0 saturated carbocycles. The van der Waals surface area contributed by atoms with Crippen LogP contribution >= 0.6 is 11.3 Å². The Morgan fingerprint density at radius 3 is 2.80 bits per heavy atom. The maximum Gasteiger partial charge on any atom is 0.280 e. The normalized spacial score (nSPS) is 28.7. The van der Waals surface area contributed by atoms with Gasteiger partial charge in [-0.3, -0.25) is 4.79 Å². The highest BCUT2D eigenvalue weighted by atomic mass is 32.1. The highest BCUT2D eigenvalue weighted by Gasteiger charge is 2.35. The van der Waals surface area contributed by atoms with E-state index in [1.54, 1.807) is 0 Å². The van der Waals surface area contributed by atoms with Crippen LogP contribution in [0.5, 0.6) is 0 Å². The number of fused-ring (bicyclic) bond motifs is 4. The van der Waals surface area contributed by atoms with Crippen LogP contribution in [-0.4, -0.2) is 41.5 Å². The maximum absolute atomic E-state index is 12.4. The molecule has 2 aromatic rings. The van der Waals surface area contributed by atoms with E-state index in [9.17, 15) is 4.79 Å². The van der Waals surface area contributed by atoms with Crippen LogP contribution in [0.2, 0.25) is 0 Å². The molecule has 3 aliphatic rings. The number of rotatable bonds is 2. The summed E-state index contributed by atoms with van der Waals surface area (Å²) in [5.41, 5.74) is 0.913. The van der Waals surface area contributed by atoms with E-state index < -0.39 is 0 Å². The van der Waals surface area contributed by atoms with Gasteiger partial charge in [-0.2, -0.15) is 0 Å². The summed E-state index contributed by atoms with van der Waals surface area (Å²) in [5.74, 6) is 0.642. The van der Waals surface area contributed by atoms with Crippen LogP contribution in [0.4, 0.5) is 0 Å². The lowest BCUT2D eigenvalue weighted by Gasteiger charge is -2.44. The van der Waals surface area contributed by atoms with E-state index in [0.717, 1.165) is 16.8 Å². The molecule has 1 aromatic heterocycles. The van der Waals surface area contributed by atoms with Crippen molar-refractivity contribution in [3.63, 3.8) is 0 Å². The third-order valence-corrected chi connectivity index (χ3v) is 5.50. The molecular formula is C15H17N3OS. The molecule has 2 bridgehead atoms. The number of hydrogen-bond acceptors (Lipinski definition) is 4. The summed E-state index contributed by atoms with van der Waals surface area (Å²) in [4.78, 5) is 19.3. The minimum atomic E-state index is -0.00931. The zero-order valence-corrected chi connectivity index (χ0v) is 12.0. The predicted molar refractivity (Wildman–Crippen MR) is 80.0 cm³/mol. The second-order valence-electron chi connectivity index (χ2n) is 5.70. The van der Waals surface area contributed by atoms with Crippen molar-refractivity contribution in [3.8, 4) is 0 Å². The van der Waals surface area contributed by atoms with E-state index >= 15 is 0 Å². The number of thiazole rings is 1. The summed E-state index contributed by atoms with van der Waals surface area (Å²) in [5, 5.41) is 3.78. The average Bonchev–Trinajstić information content (AvgIpc) is 2.92. The Balaban J connectivity index is 1.52. The first-order chi connectivity index (χ1) is 9.79. The van der Waals surface area contributed by atoms with E-state index in [-0.39, 0.29) is 5.91 Å². The fourth-order valence-corrected chi connectivity index (χ4v) is 4.20. The zero-order chi connectivity index (χ0) is 13.5. The molecule has 4 nitrogen and oxygen atoms in total. The largest absolute Gasteiger partial charge is 0.346 e. The number of nitrogens with zero attached hydrogens (tertiary/aromatic N) is 2. The molecule has 0 spiro atoms. The SMILES string of the molecule is O=C(N[C@H]1CN2CCC1CC2)c1nc2ccccc2s1. The Morgan fingerprint density at radius 1 is 1.30 bits per heavy atom. The number of aromatic nitrogens is 1. The Morgan fingerprint density at radius 2 is 2.10 bits per heavy atom. The molecule has 1 N–H and O–H groups in total. The Kier molecular flexibility index (Phi) is 2.97. The van der Waals surface area contributed by atoms with Crippen LogP contribution in [0.25, 0.3) is 10.2 Å². The third-order valence-electron chi connectivity index (χ3n) is 4.46. The zero-order valence-electron chi connectivity index (χ0n) is 11.2. The molecule has 20 heavy (non-hydrogen) atoms. The fourth-order valence-electron chi connectivity index (χ4n) is 3.33. The molecule has 0 unspecified atom stereocenters. The highest BCUT2D eigenvalue weighted by molar-refractivity contribution is 7.20. The van der Waals surface area contributed by atoms with Gasteiger partial charge >= 0.3 is 0 Å². The van der Waals surface area contributed by atoms with Gasteiger partial charge in [-0.1, -0.05) is 12.1 Å². The second kappa shape index (κ2) is 4.82. The number of para-hydroxylation sites is 1. The van der Waals surface area contributed by atoms with Gasteiger partial charge in [-0.15, -0.1) is 11.3 Å². The molecular weight excluding hydrogens is 270 g/mol. The minimum absolute atomic E-state index is 0.00931. The van der Waals surface area contributed by atoms with Crippen LogP contribution in [0.15, 0.2) is 24.3 Å². The summed E-state index contributed by atoms with van der Waals surface area (Å²) in [7, 11) is 0. The van der Waals surface area contributed by atoms with Crippen molar-refractivity contribution >= 4 is 27.5 Å². The van der Waals surface area contributed by atoms with Crippen molar-refractivity contribution in [2.24, 2.45) is 5.92 Å². The van der Waals surface area contributed by atoms with Crippen molar-refractivity contribution in [2.75, 3.05) is 19.6 Å². The van der Waals surface area contributed by atoms with Crippen molar-refractivity contribution in [1.29, 1.82) is 0 Å². The number of piperidine rings is 3. The summed E-state index contributed by atoms with van der Waals surface area (Å²) in [6.45, 7) is 3.39. The smallest absolute Gasteiger partial charge is 0.280 e. The van der Waals surface area contributed by atoms with Gasteiger partial charge in [0.1, 0.15) is 0 Å². The molecule has 0 aliphatic carbocycles. The van der Waals surface area contributed by atoms with E-state index in [0.29, 0.717) is 17.0 Å². The lowest BCUT2D eigenvalue weighted by Crippen LogP contribution is -2.57. The highest BCUT2D eigenvalue weighted by Crippen LogP contribution is 2.28. The second-order valence-corrected chi connectivity index (χ2v) is 6.74. The molecule has 3 saturated heterocycles. The van der Waals surface area contributed by atoms with Gasteiger partial charge in [0.05, 0.1) is 10.2 Å². The summed E-state index contributed by atoms with van der Waals surface area (Å²) in [6, 6.07) is 8.21. The topological polar surface area (TPSA) is 45.2 Å². The molecule has 3 fully saturated rings. The number of carbonyl (C=O) groups is 1. The summed E-state index contributed by atoms with van der Waals surface area (Å²) in [6.07, 6.45) is 2.43. The number of nitrogens with one attached hydrogen (secondary N) is 1. The van der Waals surface area contributed by atoms with E-state index in [1.165, 1.54) is 37.3 Å². The van der Waals surface area contributed by atoms with E-state index in [4.69, 9.17) is 0 Å². The van der Waals surface area contributed by atoms with Gasteiger partial charge in [-0.25, -0.2) is 4.98 Å². The Labute approximate surface area is 121 Å². The molecule has 3 aliphatic heterocycles. The number of carbonyl (C=O) groups excluding carboxylic acids is 1. The van der Waals surface area contributed by atoms with Crippen LogP contribution in [0.3, 0.4) is 0 Å². The van der Waals surface area contributed by atoms with Crippen molar-refractivity contribution < 1.29 is 4.79 Å². The Bertz CT molecular complexity index is 612. The van der Waals surface area contributed by atoms with Crippen LogP contribution in [0, 0.1) is 5.92 Å². The molecule has 104 valence electrons. The van der Waals surface area contributed by atoms with Gasteiger partial charge in [0, 0.05) is 12.6 Å². The van der Waals surface area contributed by atoms with Gasteiger partial charge < -0.3 is 10.2 Å². The number of hydrogen-bond donors (Lipinski definition) is 1. The van der Waals surface area contributed by atoms with Crippen LogP contribution in [-0.2, 0) is 0 Å². The van der Waals surface area contributed by atoms with Gasteiger partial charge in [0.15, 0.2) is 5.01 Å². The molecule has 5 rings (SSSR count). The van der Waals surface area contributed by atoms with Crippen molar-refractivity contribution in [3.05, 3.63) is 29.3 Å². The van der Waals surface area contributed by atoms with Crippen LogP contribution in [0.1, 0.15) is 22.6 Å². The molecule has 1 amide bonds. The average molecular weight is 287 g/mol. The molecule has 0 radical (unpaired) electrons. The minimum Gasteiger partial charge on any atom is -0.346 e. The Hall–Kier alpha value is -1.46. The fraction of sp³-hybridized carbons (Fsp3) is 0.467. The molecule has 1 aromatic carbocycles. The van der Waals surface area contributed by atoms with E-state index in [1.807, 2.05) is 24.3 Å². The van der Waals surface area contributed by atoms with Gasteiger partial charge in [0.25, 0.3) is 5.91 Å². The third kappa shape index (κ3) is 2.11. The lowest BCUT2D eigenvalue weighted by atomic mass is 9.84. The van der Waals surface area contributed by atoms with Crippen molar-refractivity contribution in [1.82, 2.24) is 15.2 Å². The number of amides is 1. The van der Waals surface area contributed by atoms with E-state index in [2.05, 4.69) is 15.2 Å². The molecule has 1 atom stereocenters. The standard InChI is InChI=1S/C15H17N3OS/c19-14(15-17-11-3-1-2-4-13(11)20-15)16-12-9-18-7-5-10(12)6-8-18/h1-4,10,12H,5-9H2,(H,16,19)/t12-/m0/s1. The first-order valence-corrected chi connectivity index (χ1v) is 8.00. The monoisotopic (exact) mass is 287 g/mol. The van der Waals surface area contributed by atoms with Crippen LogP contribution < -0.4 is 5.32 Å². The number of benzene rings is 1. The van der Waals surface area contributed by atoms with Crippen molar-refractivity contribution in [2.45, 2.75) is 18.9 Å². The van der Waals surface area contributed by atoms with Gasteiger partial charge in [-0.05, 0) is 44.0 Å². The maximum atomic E-state index is 12.4. The summed E-state index contributed by atoms with van der Waals surface area (Å²) < 4.78 is 1.08. The molecule has 4 heterocycles. The lowest BCUT2D eigenvalue weighted by molar-refractivity contribution is 0.0620. The first kappa shape index (κ1) is 12.3. The quantitative estimate of drug-likeness (QED) is 0.920. The predicted octanol–water partition coefficient (Wildman–Crippen LogP) is 2.12. The molecule has 5 heteroatoms.